The highest BCUT2D eigenvalue weighted by atomic mass is 32.2. The van der Waals surface area contributed by atoms with Gasteiger partial charge in [0.15, 0.2) is 0 Å². The molecule has 0 rings (SSSR count). The first-order valence-electron chi connectivity index (χ1n) is 5.51. The van der Waals surface area contributed by atoms with Gasteiger partial charge in [0.25, 0.3) is 0 Å². The third-order valence-electron chi connectivity index (χ3n) is 2.50. The van der Waals surface area contributed by atoms with Crippen LogP contribution in [0, 0.1) is 5.92 Å². The van der Waals surface area contributed by atoms with Gasteiger partial charge >= 0.3 is 0 Å². The van der Waals surface area contributed by atoms with Gasteiger partial charge in [-0.25, -0.2) is 0 Å². The lowest BCUT2D eigenvalue weighted by Crippen LogP contribution is -2.37. The van der Waals surface area contributed by atoms with Crippen molar-refractivity contribution in [3.8, 4) is 0 Å². The Balaban J connectivity index is 3.63. The van der Waals surface area contributed by atoms with Gasteiger partial charge in [-0.3, -0.25) is 0 Å². The molecule has 2 atom stereocenters. The second kappa shape index (κ2) is 8.57. The SMILES string of the molecule is CCNCC(C)CN(C)C(C)CSC. The lowest BCUT2D eigenvalue weighted by Gasteiger charge is -2.27. The van der Waals surface area contributed by atoms with Crippen LogP contribution in [0.1, 0.15) is 20.8 Å². The van der Waals surface area contributed by atoms with E-state index >= 15 is 0 Å². The van der Waals surface area contributed by atoms with E-state index in [4.69, 9.17) is 0 Å². The van der Waals surface area contributed by atoms with Gasteiger partial charge in [-0.2, -0.15) is 11.8 Å². The number of nitrogens with one attached hydrogen (secondary N) is 1. The zero-order chi connectivity index (χ0) is 11.0. The molecular formula is C11H26N2S. The maximum atomic E-state index is 3.39. The molecule has 2 nitrogen and oxygen atoms in total. The fraction of sp³-hybridized carbons (Fsp3) is 1.00. The molecule has 0 saturated heterocycles. The first-order valence-corrected chi connectivity index (χ1v) is 6.91. The Hall–Kier alpha value is 0.270. The van der Waals surface area contributed by atoms with Crippen molar-refractivity contribution in [2.75, 3.05) is 38.7 Å². The van der Waals surface area contributed by atoms with Crippen LogP contribution in [0.25, 0.3) is 0 Å². The topological polar surface area (TPSA) is 15.3 Å². The van der Waals surface area contributed by atoms with E-state index in [1.165, 1.54) is 12.3 Å². The summed E-state index contributed by atoms with van der Waals surface area (Å²) in [6.45, 7) is 10.2. The van der Waals surface area contributed by atoms with Crippen LogP contribution >= 0.6 is 11.8 Å². The molecule has 0 spiro atoms. The quantitative estimate of drug-likeness (QED) is 0.670. The fourth-order valence-corrected chi connectivity index (χ4v) is 2.23. The Labute approximate surface area is 93.8 Å². The molecule has 0 heterocycles. The summed E-state index contributed by atoms with van der Waals surface area (Å²) in [6.07, 6.45) is 2.17. The van der Waals surface area contributed by atoms with E-state index in [2.05, 4.69) is 44.3 Å². The highest BCUT2D eigenvalue weighted by Gasteiger charge is 2.11. The first-order chi connectivity index (χ1) is 6.61. The number of hydrogen-bond donors (Lipinski definition) is 1. The van der Waals surface area contributed by atoms with Crippen molar-refractivity contribution in [1.29, 1.82) is 0 Å². The standard InChI is InChI=1S/C11H26N2S/c1-6-12-7-10(2)8-13(4)11(3)9-14-5/h10-12H,6-9H2,1-5H3. The minimum atomic E-state index is 0.689. The molecule has 0 aliphatic heterocycles. The monoisotopic (exact) mass is 218 g/mol. The minimum absolute atomic E-state index is 0.689. The molecule has 0 amide bonds. The summed E-state index contributed by atoms with van der Waals surface area (Å²) < 4.78 is 0. The zero-order valence-corrected chi connectivity index (χ0v) is 11.2. The van der Waals surface area contributed by atoms with E-state index in [-0.39, 0.29) is 0 Å². The van der Waals surface area contributed by atoms with E-state index < -0.39 is 0 Å². The highest BCUT2D eigenvalue weighted by Crippen LogP contribution is 2.06. The van der Waals surface area contributed by atoms with Crippen molar-refractivity contribution < 1.29 is 0 Å². The molecule has 0 fully saturated rings. The van der Waals surface area contributed by atoms with Crippen molar-refractivity contribution in [2.45, 2.75) is 26.8 Å². The van der Waals surface area contributed by atoms with Crippen LogP contribution in [-0.4, -0.2) is 49.6 Å². The molecule has 3 heteroatoms. The molecule has 0 saturated carbocycles. The van der Waals surface area contributed by atoms with Crippen LogP contribution in [0.15, 0.2) is 0 Å². The molecule has 2 unspecified atom stereocenters. The maximum Gasteiger partial charge on any atom is 0.0155 e. The third-order valence-corrected chi connectivity index (χ3v) is 3.32. The third kappa shape index (κ3) is 6.68. The predicted octanol–water partition coefficient (Wildman–Crippen LogP) is 1.92. The van der Waals surface area contributed by atoms with Crippen LogP contribution in [0.4, 0.5) is 0 Å². The van der Waals surface area contributed by atoms with Gasteiger partial charge < -0.3 is 10.2 Å². The highest BCUT2D eigenvalue weighted by molar-refractivity contribution is 7.98. The smallest absolute Gasteiger partial charge is 0.0155 e. The molecular weight excluding hydrogens is 192 g/mol. The normalized spacial score (nSPS) is 15.9. The second-order valence-electron chi connectivity index (χ2n) is 4.16. The lowest BCUT2D eigenvalue weighted by molar-refractivity contribution is 0.238. The molecule has 1 N–H and O–H groups in total. The van der Waals surface area contributed by atoms with Gasteiger partial charge in [-0.1, -0.05) is 13.8 Å². The molecule has 0 radical (unpaired) electrons. The summed E-state index contributed by atoms with van der Waals surface area (Å²) in [5.41, 5.74) is 0. The van der Waals surface area contributed by atoms with Gasteiger partial charge in [-0.15, -0.1) is 0 Å². The van der Waals surface area contributed by atoms with Crippen molar-refractivity contribution in [2.24, 2.45) is 5.92 Å². The first kappa shape index (κ1) is 14.3. The van der Waals surface area contributed by atoms with Gasteiger partial charge in [0, 0.05) is 18.3 Å². The number of rotatable bonds is 8. The van der Waals surface area contributed by atoms with Crippen LogP contribution < -0.4 is 5.32 Å². The molecule has 0 bridgehead atoms. The molecule has 86 valence electrons. The van der Waals surface area contributed by atoms with Crippen molar-refractivity contribution >= 4 is 11.8 Å². The Kier molecular flexibility index (Phi) is 8.73. The number of hydrogen-bond acceptors (Lipinski definition) is 3. The predicted molar refractivity (Wildman–Crippen MR) is 68.2 cm³/mol. The summed E-state index contributed by atoms with van der Waals surface area (Å²) in [5.74, 6) is 1.97. The summed E-state index contributed by atoms with van der Waals surface area (Å²) in [7, 11) is 2.23. The Morgan fingerprint density at radius 1 is 1.36 bits per heavy atom. The van der Waals surface area contributed by atoms with E-state index in [0.29, 0.717) is 6.04 Å². The van der Waals surface area contributed by atoms with E-state index in [1.807, 2.05) is 11.8 Å². The number of thioether (sulfide) groups is 1. The van der Waals surface area contributed by atoms with Gasteiger partial charge in [0.2, 0.25) is 0 Å². The van der Waals surface area contributed by atoms with Crippen LogP contribution in [0.5, 0.6) is 0 Å². The molecule has 14 heavy (non-hydrogen) atoms. The molecule has 0 aromatic carbocycles. The van der Waals surface area contributed by atoms with Crippen LogP contribution in [-0.2, 0) is 0 Å². The van der Waals surface area contributed by atoms with Crippen molar-refractivity contribution in [3.63, 3.8) is 0 Å². The summed E-state index contributed by atoms with van der Waals surface area (Å²) in [4.78, 5) is 2.46. The summed E-state index contributed by atoms with van der Waals surface area (Å²) >= 11 is 1.93. The van der Waals surface area contributed by atoms with Crippen molar-refractivity contribution in [3.05, 3.63) is 0 Å². The Bertz CT molecular complexity index is 130. The largest absolute Gasteiger partial charge is 0.317 e. The average molecular weight is 218 g/mol. The number of nitrogens with zero attached hydrogens (tertiary/aromatic N) is 1. The molecule has 0 aliphatic carbocycles. The minimum Gasteiger partial charge on any atom is -0.317 e. The Morgan fingerprint density at radius 2 is 2.00 bits per heavy atom. The van der Waals surface area contributed by atoms with E-state index in [9.17, 15) is 0 Å². The summed E-state index contributed by atoms with van der Waals surface area (Å²) in [6, 6.07) is 0.689. The molecule has 0 aromatic rings. The van der Waals surface area contributed by atoms with E-state index in [1.54, 1.807) is 0 Å². The molecule has 0 aromatic heterocycles. The van der Waals surface area contributed by atoms with Gasteiger partial charge in [0.1, 0.15) is 0 Å². The Morgan fingerprint density at radius 3 is 2.50 bits per heavy atom. The van der Waals surface area contributed by atoms with E-state index in [0.717, 1.165) is 19.0 Å². The van der Waals surface area contributed by atoms with Crippen LogP contribution in [0.2, 0.25) is 0 Å². The molecule has 0 aliphatic rings. The average Bonchev–Trinajstić information content (AvgIpc) is 2.15. The van der Waals surface area contributed by atoms with Crippen LogP contribution in [0.3, 0.4) is 0 Å². The van der Waals surface area contributed by atoms with Gasteiger partial charge in [-0.05, 0) is 39.2 Å². The fourth-order valence-electron chi connectivity index (χ4n) is 1.50. The van der Waals surface area contributed by atoms with Crippen molar-refractivity contribution in [1.82, 2.24) is 10.2 Å². The van der Waals surface area contributed by atoms with Gasteiger partial charge in [0.05, 0.1) is 0 Å². The lowest BCUT2D eigenvalue weighted by atomic mass is 10.1. The zero-order valence-electron chi connectivity index (χ0n) is 10.3. The second-order valence-corrected chi connectivity index (χ2v) is 5.07. The maximum absolute atomic E-state index is 3.39. The summed E-state index contributed by atoms with van der Waals surface area (Å²) in [5, 5.41) is 3.39.